The summed E-state index contributed by atoms with van der Waals surface area (Å²) in [6.45, 7) is 1.99. The topological polar surface area (TPSA) is 63.5 Å². The Balaban J connectivity index is 1.59. The summed E-state index contributed by atoms with van der Waals surface area (Å²) in [6.07, 6.45) is 1.54. The van der Waals surface area contributed by atoms with Crippen molar-refractivity contribution in [3.05, 3.63) is 75.3 Å². The Morgan fingerprint density at radius 3 is 2.76 bits per heavy atom. The summed E-state index contributed by atoms with van der Waals surface area (Å²) in [5, 5.41) is 3.32. The fraction of sp³-hybridized carbons (Fsp3) is 0.167. The van der Waals surface area contributed by atoms with Crippen molar-refractivity contribution in [3.8, 4) is 0 Å². The van der Waals surface area contributed by atoms with Crippen molar-refractivity contribution >= 4 is 40.6 Å². The number of aromatic nitrogens is 2. The predicted molar refractivity (Wildman–Crippen MR) is 102 cm³/mol. The third-order valence-corrected chi connectivity index (χ3v) is 4.68. The van der Waals surface area contributed by atoms with Crippen LogP contribution in [0.4, 0.5) is 5.69 Å². The van der Waals surface area contributed by atoms with Crippen LogP contribution in [0.15, 0.2) is 53.5 Å². The van der Waals surface area contributed by atoms with Crippen LogP contribution in [0.2, 0.25) is 5.02 Å². The van der Waals surface area contributed by atoms with Crippen LogP contribution >= 0.6 is 23.4 Å². The van der Waals surface area contributed by atoms with Crippen LogP contribution in [0, 0.1) is 6.92 Å². The lowest BCUT2D eigenvalue weighted by atomic mass is 10.2. The molecular weight excluding hydrogens is 358 g/mol. The number of amides is 1. The Hall–Kier alpha value is -2.31. The molecule has 25 heavy (non-hydrogen) atoms. The Morgan fingerprint density at radius 2 is 2.00 bits per heavy atom. The van der Waals surface area contributed by atoms with Gasteiger partial charge in [-0.25, -0.2) is 4.98 Å². The number of rotatable bonds is 5. The molecule has 0 radical (unpaired) electrons. The first-order chi connectivity index (χ1) is 12.0. The zero-order chi connectivity index (χ0) is 17.8. The molecule has 1 aromatic carbocycles. The number of nitrogens with one attached hydrogen (secondary N) is 1. The van der Waals surface area contributed by atoms with Crippen molar-refractivity contribution in [1.29, 1.82) is 0 Å². The van der Waals surface area contributed by atoms with Gasteiger partial charge in [-0.1, -0.05) is 29.3 Å². The molecule has 0 atom stereocenters. The molecule has 2 heterocycles. The average Bonchev–Trinajstić information content (AvgIpc) is 2.58. The second-order valence-corrected chi connectivity index (χ2v) is 6.99. The van der Waals surface area contributed by atoms with E-state index in [0.717, 1.165) is 11.3 Å². The first kappa shape index (κ1) is 17.5. The van der Waals surface area contributed by atoms with E-state index < -0.39 is 0 Å². The molecule has 0 aliphatic rings. The fourth-order valence-electron chi connectivity index (χ4n) is 2.28. The highest BCUT2D eigenvalue weighted by molar-refractivity contribution is 7.99. The molecular formula is C18H16ClN3O2S. The van der Waals surface area contributed by atoms with E-state index in [4.69, 9.17) is 11.6 Å². The zero-order valence-electron chi connectivity index (χ0n) is 13.5. The van der Waals surface area contributed by atoms with E-state index in [2.05, 4.69) is 10.3 Å². The lowest BCUT2D eigenvalue weighted by Gasteiger charge is -2.06. The van der Waals surface area contributed by atoms with Crippen molar-refractivity contribution in [2.75, 3.05) is 11.1 Å². The standard InChI is InChI=1S/C18H16ClN3O2S/c1-12-2-5-14(6-3-12)21-17(23)11-25-10-15-8-18(24)22-9-13(19)4-7-16(22)20-15/h2-9H,10-11H2,1H3,(H,21,23). The van der Waals surface area contributed by atoms with Gasteiger partial charge in [0.25, 0.3) is 5.56 Å². The van der Waals surface area contributed by atoms with Crippen molar-refractivity contribution in [2.45, 2.75) is 12.7 Å². The van der Waals surface area contributed by atoms with E-state index >= 15 is 0 Å². The molecule has 3 aromatic rings. The molecule has 1 N–H and O–H groups in total. The minimum atomic E-state index is -0.188. The summed E-state index contributed by atoms with van der Waals surface area (Å²) in [4.78, 5) is 28.5. The molecule has 128 valence electrons. The van der Waals surface area contributed by atoms with Gasteiger partial charge in [-0.3, -0.25) is 14.0 Å². The maximum atomic E-state index is 12.1. The summed E-state index contributed by atoms with van der Waals surface area (Å²) in [5.41, 5.74) is 2.90. The average molecular weight is 374 g/mol. The molecule has 0 bridgehead atoms. The van der Waals surface area contributed by atoms with E-state index in [0.29, 0.717) is 22.1 Å². The molecule has 0 fully saturated rings. The smallest absolute Gasteiger partial charge is 0.258 e. The molecule has 7 heteroatoms. The number of pyridine rings is 1. The summed E-state index contributed by atoms with van der Waals surface area (Å²) in [5.74, 6) is 0.684. The molecule has 2 aromatic heterocycles. The summed E-state index contributed by atoms with van der Waals surface area (Å²) >= 11 is 7.30. The Kier molecular flexibility index (Phi) is 5.40. The number of fused-ring (bicyclic) bond motifs is 1. The fourth-order valence-corrected chi connectivity index (χ4v) is 3.16. The zero-order valence-corrected chi connectivity index (χ0v) is 15.1. The van der Waals surface area contributed by atoms with Crippen LogP contribution in [-0.4, -0.2) is 21.0 Å². The molecule has 0 aliphatic heterocycles. The number of hydrogen-bond acceptors (Lipinski definition) is 4. The second kappa shape index (κ2) is 7.72. The molecule has 5 nitrogen and oxygen atoms in total. The lowest BCUT2D eigenvalue weighted by molar-refractivity contribution is -0.113. The summed E-state index contributed by atoms with van der Waals surface area (Å²) in [7, 11) is 0. The van der Waals surface area contributed by atoms with Crippen LogP contribution in [0.1, 0.15) is 11.3 Å². The van der Waals surface area contributed by atoms with Crippen molar-refractivity contribution in [3.63, 3.8) is 0 Å². The van der Waals surface area contributed by atoms with Crippen LogP contribution in [0.25, 0.3) is 5.65 Å². The van der Waals surface area contributed by atoms with Gasteiger partial charge in [0.2, 0.25) is 5.91 Å². The van der Waals surface area contributed by atoms with Gasteiger partial charge < -0.3 is 5.32 Å². The van der Waals surface area contributed by atoms with E-state index in [9.17, 15) is 9.59 Å². The SMILES string of the molecule is Cc1ccc(NC(=O)CSCc2cc(=O)n3cc(Cl)ccc3n2)cc1. The van der Waals surface area contributed by atoms with Crippen LogP contribution < -0.4 is 10.9 Å². The van der Waals surface area contributed by atoms with Crippen molar-refractivity contribution in [2.24, 2.45) is 0 Å². The Bertz CT molecular complexity index is 970. The molecule has 0 aliphatic carbocycles. The number of aryl methyl sites for hydroxylation is 1. The number of halogens is 1. The minimum absolute atomic E-state index is 0.0851. The maximum absolute atomic E-state index is 12.1. The van der Waals surface area contributed by atoms with Gasteiger partial charge in [-0.05, 0) is 31.2 Å². The Labute approximate surface area is 154 Å². The number of carbonyl (C=O) groups is 1. The summed E-state index contributed by atoms with van der Waals surface area (Å²) < 4.78 is 1.40. The molecule has 3 rings (SSSR count). The molecule has 0 saturated heterocycles. The lowest BCUT2D eigenvalue weighted by Crippen LogP contribution is -2.16. The number of carbonyl (C=O) groups excluding carboxylic acids is 1. The third-order valence-electron chi connectivity index (χ3n) is 3.49. The normalized spacial score (nSPS) is 10.8. The maximum Gasteiger partial charge on any atom is 0.258 e. The molecule has 0 saturated carbocycles. The highest BCUT2D eigenvalue weighted by atomic mass is 35.5. The summed E-state index contributed by atoms with van der Waals surface area (Å²) in [6, 6.07) is 12.5. The quantitative estimate of drug-likeness (QED) is 0.743. The van der Waals surface area contributed by atoms with E-state index in [1.54, 1.807) is 12.1 Å². The highest BCUT2D eigenvalue weighted by Crippen LogP contribution is 2.14. The monoisotopic (exact) mass is 373 g/mol. The van der Waals surface area contributed by atoms with Crippen LogP contribution in [0.5, 0.6) is 0 Å². The number of nitrogens with zero attached hydrogens (tertiary/aromatic N) is 2. The number of thioether (sulfide) groups is 1. The van der Waals surface area contributed by atoms with Crippen LogP contribution in [0.3, 0.4) is 0 Å². The van der Waals surface area contributed by atoms with Crippen molar-refractivity contribution in [1.82, 2.24) is 9.38 Å². The number of anilines is 1. The van der Waals surface area contributed by atoms with Gasteiger partial charge in [0.15, 0.2) is 0 Å². The Morgan fingerprint density at radius 1 is 1.24 bits per heavy atom. The highest BCUT2D eigenvalue weighted by Gasteiger charge is 2.06. The van der Waals surface area contributed by atoms with Gasteiger partial charge in [0.1, 0.15) is 5.65 Å². The van der Waals surface area contributed by atoms with E-state index in [1.807, 2.05) is 31.2 Å². The third kappa shape index (κ3) is 4.61. The number of hydrogen-bond donors (Lipinski definition) is 1. The number of benzene rings is 1. The second-order valence-electron chi connectivity index (χ2n) is 5.57. The minimum Gasteiger partial charge on any atom is -0.325 e. The molecule has 0 unspecified atom stereocenters. The first-order valence-electron chi connectivity index (χ1n) is 7.63. The largest absolute Gasteiger partial charge is 0.325 e. The first-order valence-corrected chi connectivity index (χ1v) is 9.17. The van der Waals surface area contributed by atoms with E-state index in [1.165, 1.54) is 28.4 Å². The molecule has 0 spiro atoms. The van der Waals surface area contributed by atoms with Gasteiger partial charge in [0.05, 0.1) is 16.5 Å². The van der Waals surface area contributed by atoms with Crippen LogP contribution in [-0.2, 0) is 10.5 Å². The van der Waals surface area contributed by atoms with E-state index in [-0.39, 0.29) is 17.2 Å². The van der Waals surface area contributed by atoms with Gasteiger partial charge >= 0.3 is 0 Å². The predicted octanol–water partition coefficient (Wildman–Crippen LogP) is 3.53. The van der Waals surface area contributed by atoms with Crippen molar-refractivity contribution < 1.29 is 4.79 Å². The van der Waals surface area contributed by atoms with Gasteiger partial charge in [0, 0.05) is 23.7 Å². The van der Waals surface area contributed by atoms with Gasteiger partial charge in [-0.2, -0.15) is 0 Å². The molecule has 1 amide bonds. The van der Waals surface area contributed by atoms with Gasteiger partial charge in [-0.15, -0.1) is 11.8 Å².